The molecule has 3 aromatic heterocycles. The summed E-state index contributed by atoms with van der Waals surface area (Å²) in [5, 5.41) is 6.14. The highest BCUT2D eigenvalue weighted by atomic mass is 32.1. The van der Waals surface area contributed by atoms with Gasteiger partial charge in [-0.3, -0.25) is 0 Å². The molecular weight excluding hydrogens is 639 g/mol. The Hall–Kier alpha value is -6.49. The summed E-state index contributed by atoms with van der Waals surface area (Å²) in [7, 11) is 0. The van der Waals surface area contributed by atoms with Gasteiger partial charge in [0.2, 0.25) is 0 Å². The number of para-hydroxylation sites is 1. The van der Waals surface area contributed by atoms with E-state index in [-0.39, 0.29) is 0 Å². The van der Waals surface area contributed by atoms with E-state index in [0.717, 1.165) is 55.8 Å². The molecule has 238 valence electrons. The number of hydrogen-bond acceptors (Lipinski definition) is 4. The zero-order valence-corrected chi connectivity index (χ0v) is 28.3. The first-order chi connectivity index (χ1) is 25.3. The second-order valence-corrected chi connectivity index (χ2v) is 13.8. The van der Waals surface area contributed by atoms with Crippen LogP contribution in [0.15, 0.2) is 176 Å². The van der Waals surface area contributed by atoms with E-state index in [1.807, 2.05) is 47.7 Å². The Balaban J connectivity index is 1.20. The van der Waals surface area contributed by atoms with Gasteiger partial charge in [0.15, 0.2) is 5.82 Å². The molecule has 0 aliphatic carbocycles. The minimum atomic E-state index is 0.703. The van der Waals surface area contributed by atoms with Crippen LogP contribution in [0.25, 0.3) is 98.1 Å². The van der Waals surface area contributed by atoms with Gasteiger partial charge in [-0.05, 0) is 29.8 Å². The molecule has 0 saturated heterocycles. The van der Waals surface area contributed by atoms with Crippen molar-refractivity contribution in [3.63, 3.8) is 0 Å². The highest BCUT2D eigenvalue weighted by Crippen LogP contribution is 2.47. The predicted octanol–water partition coefficient (Wildman–Crippen LogP) is 12.9. The molecule has 0 aliphatic rings. The standard InChI is InChI=1S/C47H29N3S/c1-4-14-31(15-5-1)40-29-41(32-16-6-2-7-17-32)50-47(49-40)34-26-24-30(25-27-34)37-28-38-43(44-36-21-11-13-23-42(36)51-46(37)44)35-20-10-12-22-39(35)48-45(38)33-18-8-3-9-19-33/h1-29H. The van der Waals surface area contributed by atoms with Gasteiger partial charge in [-0.1, -0.05) is 152 Å². The third-order valence-corrected chi connectivity index (χ3v) is 10.9. The summed E-state index contributed by atoms with van der Waals surface area (Å²) in [6.45, 7) is 0. The first-order valence-corrected chi connectivity index (χ1v) is 17.9. The van der Waals surface area contributed by atoms with Crippen molar-refractivity contribution in [3.05, 3.63) is 176 Å². The lowest BCUT2D eigenvalue weighted by atomic mass is 9.92. The van der Waals surface area contributed by atoms with Gasteiger partial charge >= 0.3 is 0 Å². The van der Waals surface area contributed by atoms with Crippen molar-refractivity contribution in [1.82, 2.24) is 15.0 Å². The van der Waals surface area contributed by atoms with Gasteiger partial charge in [0.25, 0.3) is 0 Å². The minimum Gasteiger partial charge on any atom is -0.247 e. The molecule has 0 radical (unpaired) electrons. The van der Waals surface area contributed by atoms with E-state index >= 15 is 0 Å². The number of hydrogen-bond donors (Lipinski definition) is 0. The highest BCUT2D eigenvalue weighted by Gasteiger charge is 2.20. The predicted molar refractivity (Wildman–Crippen MR) is 215 cm³/mol. The number of aromatic nitrogens is 3. The third-order valence-electron chi connectivity index (χ3n) is 9.68. The molecule has 3 nitrogen and oxygen atoms in total. The van der Waals surface area contributed by atoms with Crippen molar-refractivity contribution in [3.8, 4) is 56.3 Å². The molecule has 0 atom stereocenters. The monoisotopic (exact) mass is 667 g/mol. The first kappa shape index (κ1) is 29.4. The maximum atomic E-state index is 5.29. The smallest absolute Gasteiger partial charge is 0.160 e. The number of rotatable bonds is 5. The summed E-state index contributed by atoms with van der Waals surface area (Å²) < 4.78 is 2.56. The molecule has 0 spiro atoms. The van der Waals surface area contributed by atoms with Crippen LogP contribution in [-0.4, -0.2) is 15.0 Å². The van der Waals surface area contributed by atoms with Crippen molar-refractivity contribution < 1.29 is 0 Å². The van der Waals surface area contributed by atoms with E-state index in [0.29, 0.717) is 5.82 Å². The van der Waals surface area contributed by atoms with Crippen LogP contribution in [0, 0.1) is 0 Å². The second-order valence-electron chi connectivity index (χ2n) is 12.8. The Morgan fingerprint density at radius 1 is 0.373 bits per heavy atom. The number of fused-ring (bicyclic) bond motifs is 7. The summed E-state index contributed by atoms with van der Waals surface area (Å²) in [5.41, 5.74) is 10.4. The Kier molecular flexibility index (Phi) is 7.00. The summed E-state index contributed by atoms with van der Waals surface area (Å²) in [4.78, 5) is 15.4. The lowest BCUT2D eigenvalue weighted by molar-refractivity contribution is 1.18. The summed E-state index contributed by atoms with van der Waals surface area (Å²) in [6, 6.07) is 61.8. The van der Waals surface area contributed by atoms with Crippen molar-refractivity contribution in [2.24, 2.45) is 0 Å². The fourth-order valence-corrected chi connectivity index (χ4v) is 8.50. The van der Waals surface area contributed by atoms with E-state index in [1.54, 1.807) is 0 Å². The van der Waals surface area contributed by atoms with Crippen LogP contribution >= 0.6 is 11.3 Å². The van der Waals surface area contributed by atoms with E-state index < -0.39 is 0 Å². The van der Waals surface area contributed by atoms with Crippen LogP contribution in [0.4, 0.5) is 0 Å². The average molecular weight is 668 g/mol. The molecular formula is C47H29N3S. The quantitative estimate of drug-likeness (QED) is 0.171. The molecule has 3 heterocycles. The van der Waals surface area contributed by atoms with Crippen LogP contribution in [0.5, 0.6) is 0 Å². The van der Waals surface area contributed by atoms with Crippen molar-refractivity contribution in [1.29, 1.82) is 0 Å². The second kappa shape index (κ2) is 12.1. The number of benzene rings is 7. The Bertz CT molecular complexity index is 2820. The molecule has 0 N–H and O–H groups in total. The fourth-order valence-electron chi connectivity index (χ4n) is 7.25. The largest absolute Gasteiger partial charge is 0.247 e. The topological polar surface area (TPSA) is 38.7 Å². The first-order valence-electron chi connectivity index (χ1n) is 17.1. The third kappa shape index (κ3) is 5.08. The zero-order chi connectivity index (χ0) is 33.7. The molecule has 0 unspecified atom stereocenters. The van der Waals surface area contributed by atoms with Gasteiger partial charge in [-0.2, -0.15) is 0 Å². The molecule has 51 heavy (non-hydrogen) atoms. The Morgan fingerprint density at radius 3 is 1.59 bits per heavy atom. The number of thiophene rings is 1. The molecule has 0 aliphatic heterocycles. The number of pyridine rings is 1. The maximum absolute atomic E-state index is 5.29. The van der Waals surface area contributed by atoms with Gasteiger partial charge in [-0.25, -0.2) is 15.0 Å². The van der Waals surface area contributed by atoms with Crippen molar-refractivity contribution in [2.45, 2.75) is 0 Å². The SMILES string of the molecule is c1ccc(-c2cc(-c3ccccc3)nc(-c3ccc(-c4cc5c(-c6ccccc6)nc6ccccc6c5c5c4sc4ccccc45)cc3)n2)cc1. The van der Waals surface area contributed by atoms with Crippen molar-refractivity contribution >= 4 is 53.2 Å². The molecule has 0 bridgehead atoms. The highest BCUT2D eigenvalue weighted by molar-refractivity contribution is 7.26. The van der Waals surface area contributed by atoms with Gasteiger partial charge in [0.1, 0.15) is 0 Å². The Morgan fingerprint density at radius 2 is 0.922 bits per heavy atom. The van der Waals surface area contributed by atoms with E-state index in [4.69, 9.17) is 15.0 Å². The molecule has 4 heteroatoms. The lowest BCUT2D eigenvalue weighted by Crippen LogP contribution is -1.96. The maximum Gasteiger partial charge on any atom is 0.160 e. The molecule has 0 saturated carbocycles. The van der Waals surface area contributed by atoms with Crippen LogP contribution in [0.3, 0.4) is 0 Å². The summed E-state index contributed by atoms with van der Waals surface area (Å²) in [5.74, 6) is 0.703. The molecule has 10 aromatic rings. The zero-order valence-electron chi connectivity index (χ0n) is 27.5. The minimum absolute atomic E-state index is 0.703. The van der Waals surface area contributed by atoms with Crippen LogP contribution in [0.1, 0.15) is 0 Å². The van der Waals surface area contributed by atoms with Crippen molar-refractivity contribution in [2.75, 3.05) is 0 Å². The van der Waals surface area contributed by atoms with Gasteiger partial charge in [0.05, 0.1) is 22.6 Å². The van der Waals surface area contributed by atoms with E-state index in [1.165, 1.54) is 36.5 Å². The fraction of sp³-hybridized carbons (Fsp3) is 0. The van der Waals surface area contributed by atoms with E-state index in [9.17, 15) is 0 Å². The van der Waals surface area contributed by atoms with Gasteiger partial charge in [0, 0.05) is 64.1 Å². The van der Waals surface area contributed by atoms with Crippen LogP contribution in [0.2, 0.25) is 0 Å². The van der Waals surface area contributed by atoms with Crippen LogP contribution in [-0.2, 0) is 0 Å². The van der Waals surface area contributed by atoms with Gasteiger partial charge in [-0.15, -0.1) is 11.3 Å². The summed E-state index contributed by atoms with van der Waals surface area (Å²) >= 11 is 1.86. The Labute approximate surface area is 299 Å². The lowest BCUT2D eigenvalue weighted by Gasteiger charge is -2.15. The molecule has 10 rings (SSSR count). The van der Waals surface area contributed by atoms with Gasteiger partial charge < -0.3 is 0 Å². The molecule has 0 fully saturated rings. The normalized spacial score (nSPS) is 11.5. The average Bonchev–Trinajstić information content (AvgIpc) is 3.61. The van der Waals surface area contributed by atoms with Crippen LogP contribution < -0.4 is 0 Å². The summed E-state index contributed by atoms with van der Waals surface area (Å²) in [6.07, 6.45) is 0. The molecule has 7 aromatic carbocycles. The number of nitrogens with zero attached hydrogens (tertiary/aromatic N) is 3. The van der Waals surface area contributed by atoms with E-state index in [2.05, 4.69) is 140 Å². The molecule has 0 amide bonds.